The Morgan fingerprint density at radius 3 is 2.82 bits per heavy atom. The first-order chi connectivity index (χ1) is 8.08. The largest absolute Gasteiger partial charge is 0.508 e. The number of hydrogen-bond acceptors (Lipinski definition) is 5. The number of nitrogens with two attached hydrogens (primary N) is 1. The maximum absolute atomic E-state index is 11.8. The number of rotatable bonds is 5. The van der Waals surface area contributed by atoms with Gasteiger partial charge in [0, 0.05) is 13.7 Å². The molecule has 0 saturated heterocycles. The van der Waals surface area contributed by atoms with Crippen molar-refractivity contribution in [3.05, 3.63) is 23.8 Å². The Kier molecular flexibility index (Phi) is 4.74. The molecule has 94 valence electrons. The Morgan fingerprint density at radius 1 is 1.53 bits per heavy atom. The van der Waals surface area contributed by atoms with Crippen molar-refractivity contribution in [3.8, 4) is 11.5 Å². The molecule has 0 fully saturated rings. The first-order valence-electron chi connectivity index (χ1n) is 5.10. The highest BCUT2D eigenvalue weighted by atomic mass is 16.5. The highest BCUT2D eigenvalue weighted by molar-refractivity contribution is 5.97. The molecule has 0 aliphatic heterocycles. The van der Waals surface area contributed by atoms with Crippen molar-refractivity contribution in [1.82, 2.24) is 5.32 Å². The monoisotopic (exact) mass is 240 g/mol. The molecule has 1 aromatic rings. The van der Waals surface area contributed by atoms with Crippen molar-refractivity contribution in [2.45, 2.75) is 6.04 Å². The standard InChI is InChI=1S/C11H16N2O4/c1-17-6-7(5-12)13-11(16)9-4-8(14)2-3-10(9)15/h2-4,7,14-15H,5-6,12H2,1H3,(H,13,16). The minimum Gasteiger partial charge on any atom is -0.508 e. The van der Waals surface area contributed by atoms with Gasteiger partial charge in [-0.15, -0.1) is 0 Å². The van der Waals surface area contributed by atoms with Gasteiger partial charge in [0.15, 0.2) is 0 Å². The number of carbonyl (C=O) groups is 1. The second-order valence-corrected chi connectivity index (χ2v) is 3.56. The van der Waals surface area contributed by atoms with Crippen LogP contribution in [0.25, 0.3) is 0 Å². The minimum atomic E-state index is -0.508. The van der Waals surface area contributed by atoms with Crippen molar-refractivity contribution in [3.63, 3.8) is 0 Å². The molecule has 1 amide bonds. The maximum Gasteiger partial charge on any atom is 0.255 e. The quantitative estimate of drug-likeness (QED) is 0.533. The molecule has 6 heteroatoms. The van der Waals surface area contributed by atoms with E-state index < -0.39 is 5.91 Å². The molecule has 0 aromatic heterocycles. The molecular weight excluding hydrogens is 224 g/mol. The fraction of sp³-hybridized carbons (Fsp3) is 0.364. The van der Waals surface area contributed by atoms with Crippen molar-refractivity contribution in [2.24, 2.45) is 5.73 Å². The summed E-state index contributed by atoms with van der Waals surface area (Å²) in [4.78, 5) is 11.8. The molecule has 17 heavy (non-hydrogen) atoms. The lowest BCUT2D eigenvalue weighted by Gasteiger charge is -2.16. The number of phenolic OH excluding ortho intramolecular Hbond substituents is 2. The number of phenols is 2. The zero-order valence-corrected chi connectivity index (χ0v) is 9.51. The molecule has 1 aromatic carbocycles. The maximum atomic E-state index is 11.8. The molecule has 0 saturated carbocycles. The molecule has 1 unspecified atom stereocenters. The van der Waals surface area contributed by atoms with Gasteiger partial charge in [0.2, 0.25) is 0 Å². The van der Waals surface area contributed by atoms with Crippen LogP contribution in [0.2, 0.25) is 0 Å². The van der Waals surface area contributed by atoms with Gasteiger partial charge in [-0.1, -0.05) is 0 Å². The minimum absolute atomic E-state index is 0.000414. The van der Waals surface area contributed by atoms with Crippen molar-refractivity contribution >= 4 is 5.91 Å². The van der Waals surface area contributed by atoms with E-state index in [2.05, 4.69) is 5.32 Å². The van der Waals surface area contributed by atoms with Gasteiger partial charge in [0.1, 0.15) is 11.5 Å². The van der Waals surface area contributed by atoms with Crippen LogP contribution in [-0.4, -0.2) is 42.4 Å². The molecule has 6 nitrogen and oxygen atoms in total. The lowest BCUT2D eigenvalue weighted by Crippen LogP contribution is -2.43. The number of hydrogen-bond donors (Lipinski definition) is 4. The van der Waals surface area contributed by atoms with Crippen LogP contribution in [0.5, 0.6) is 11.5 Å². The van der Waals surface area contributed by atoms with Crippen molar-refractivity contribution in [1.29, 1.82) is 0 Å². The Morgan fingerprint density at radius 2 is 2.24 bits per heavy atom. The van der Waals surface area contributed by atoms with Gasteiger partial charge in [-0.2, -0.15) is 0 Å². The highest BCUT2D eigenvalue weighted by Crippen LogP contribution is 2.21. The van der Waals surface area contributed by atoms with Crippen LogP contribution >= 0.6 is 0 Å². The van der Waals surface area contributed by atoms with Gasteiger partial charge in [-0.05, 0) is 18.2 Å². The summed E-state index contributed by atoms with van der Waals surface area (Å²) in [5.41, 5.74) is 5.45. The number of methoxy groups -OCH3 is 1. The molecule has 1 rings (SSSR count). The predicted octanol–water partition coefficient (Wildman–Crippen LogP) is -0.199. The van der Waals surface area contributed by atoms with E-state index in [0.29, 0.717) is 0 Å². The summed E-state index contributed by atoms with van der Waals surface area (Å²) in [7, 11) is 1.50. The van der Waals surface area contributed by atoms with Crippen LogP contribution < -0.4 is 11.1 Å². The summed E-state index contributed by atoms with van der Waals surface area (Å²) >= 11 is 0. The zero-order chi connectivity index (χ0) is 12.8. The Hall–Kier alpha value is -1.79. The third kappa shape index (κ3) is 3.61. The van der Waals surface area contributed by atoms with Crippen molar-refractivity contribution < 1.29 is 19.7 Å². The molecule has 0 aliphatic rings. The molecule has 0 bridgehead atoms. The van der Waals surface area contributed by atoms with E-state index in [1.165, 1.54) is 25.3 Å². The van der Waals surface area contributed by atoms with E-state index in [4.69, 9.17) is 10.5 Å². The first kappa shape index (κ1) is 13.3. The van der Waals surface area contributed by atoms with Gasteiger partial charge < -0.3 is 26.0 Å². The van der Waals surface area contributed by atoms with Crippen LogP contribution in [0.1, 0.15) is 10.4 Å². The summed E-state index contributed by atoms with van der Waals surface area (Å²) in [5.74, 6) is -0.802. The van der Waals surface area contributed by atoms with E-state index in [-0.39, 0.29) is 36.3 Å². The van der Waals surface area contributed by atoms with E-state index in [1.54, 1.807) is 0 Å². The van der Waals surface area contributed by atoms with Gasteiger partial charge in [0.05, 0.1) is 18.2 Å². The Labute approximate surface area is 99.0 Å². The van der Waals surface area contributed by atoms with Crippen LogP contribution in [0, 0.1) is 0 Å². The number of aromatic hydroxyl groups is 2. The Balaban J connectivity index is 2.78. The lowest BCUT2D eigenvalue weighted by molar-refractivity contribution is 0.0897. The van der Waals surface area contributed by atoms with E-state index in [1.807, 2.05) is 0 Å². The van der Waals surface area contributed by atoms with E-state index in [0.717, 1.165) is 0 Å². The molecule has 0 heterocycles. The lowest BCUT2D eigenvalue weighted by atomic mass is 10.1. The number of nitrogens with one attached hydrogen (secondary N) is 1. The molecule has 0 aliphatic carbocycles. The average Bonchev–Trinajstić information content (AvgIpc) is 2.31. The predicted molar refractivity (Wildman–Crippen MR) is 62.0 cm³/mol. The van der Waals surface area contributed by atoms with E-state index in [9.17, 15) is 15.0 Å². The van der Waals surface area contributed by atoms with Gasteiger partial charge in [-0.3, -0.25) is 4.79 Å². The molecule has 0 spiro atoms. The fourth-order valence-corrected chi connectivity index (χ4v) is 1.34. The smallest absolute Gasteiger partial charge is 0.255 e. The second-order valence-electron chi connectivity index (χ2n) is 3.56. The normalized spacial score (nSPS) is 12.1. The highest BCUT2D eigenvalue weighted by Gasteiger charge is 2.15. The number of carbonyl (C=O) groups excluding carboxylic acids is 1. The third-order valence-electron chi connectivity index (χ3n) is 2.21. The second kappa shape index (κ2) is 6.07. The van der Waals surface area contributed by atoms with Crippen LogP contribution in [-0.2, 0) is 4.74 Å². The number of ether oxygens (including phenoxy) is 1. The Bertz CT molecular complexity index is 395. The van der Waals surface area contributed by atoms with Crippen molar-refractivity contribution in [2.75, 3.05) is 20.3 Å². The van der Waals surface area contributed by atoms with Gasteiger partial charge >= 0.3 is 0 Å². The SMILES string of the molecule is COCC(CN)NC(=O)c1cc(O)ccc1O. The molecular formula is C11H16N2O4. The first-order valence-corrected chi connectivity index (χ1v) is 5.10. The third-order valence-corrected chi connectivity index (χ3v) is 2.21. The summed E-state index contributed by atoms with van der Waals surface area (Å²) < 4.78 is 4.88. The summed E-state index contributed by atoms with van der Waals surface area (Å²) in [6, 6.07) is 3.39. The fourth-order valence-electron chi connectivity index (χ4n) is 1.34. The number of benzene rings is 1. The number of amides is 1. The van der Waals surface area contributed by atoms with E-state index >= 15 is 0 Å². The van der Waals surface area contributed by atoms with Gasteiger partial charge in [0.25, 0.3) is 5.91 Å². The van der Waals surface area contributed by atoms with Crippen LogP contribution in [0.4, 0.5) is 0 Å². The average molecular weight is 240 g/mol. The topological polar surface area (TPSA) is 105 Å². The zero-order valence-electron chi connectivity index (χ0n) is 9.51. The summed E-state index contributed by atoms with van der Waals surface area (Å²) in [5, 5.41) is 21.3. The molecule has 1 atom stereocenters. The summed E-state index contributed by atoms with van der Waals surface area (Å²) in [6.07, 6.45) is 0. The summed E-state index contributed by atoms with van der Waals surface area (Å²) in [6.45, 7) is 0.501. The van der Waals surface area contributed by atoms with Crippen LogP contribution in [0.15, 0.2) is 18.2 Å². The molecule has 0 radical (unpaired) electrons. The van der Waals surface area contributed by atoms with Crippen LogP contribution in [0.3, 0.4) is 0 Å². The molecule has 5 N–H and O–H groups in total. The van der Waals surface area contributed by atoms with Gasteiger partial charge in [-0.25, -0.2) is 0 Å².